The lowest BCUT2D eigenvalue weighted by molar-refractivity contribution is -0.135. The van der Waals surface area contributed by atoms with Gasteiger partial charge in [-0.25, -0.2) is 0 Å². The summed E-state index contributed by atoms with van der Waals surface area (Å²) in [5.41, 5.74) is 0.264. The Hall–Kier alpha value is -0.0800. The fraction of sp³-hybridized carbons (Fsp3) is 1.00. The predicted molar refractivity (Wildman–Crippen MR) is 53.5 cm³/mol. The van der Waals surface area contributed by atoms with Gasteiger partial charge in [0.15, 0.2) is 6.29 Å². The lowest BCUT2D eigenvalue weighted by atomic mass is 9.89. The zero-order chi connectivity index (χ0) is 10.3. The smallest absolute Gasteiger partial charge is 0.162 e. The molecule has 0 N–H and O–H groups in total. The van der Waals surface area contributed by atoms with E-state index in [0.29, 0.717) is 0 Å². The number of ether oxygens (including phenoxy) is 2. The van der Waals surface area contributed by atoms with Gasteiger partial charge < -0.3 is 9.47 Å². The minimum atomic E-state index is -0.0447. The van der Waals surface area contributed by atoms with Gasteiger partial charge >= 0.3 is 0 Å². The molecule has 1 aliphatic rings. The second kappa shape index (κ2) is 3.25. The van der Waals surface area contributed by atoms with E-state index in [1.54, 1.807) is 0 Å². The van der Waals surface area contributed by atoms with Crippen LogP contribution < -0.4 is 0 Å². The third kappa shape index (κ3) is 2.68. The highest BCUT2D eigenvalue weighted by Gasteiger charge is 2.39. The van der Waals surface area contributed by atoms with E-state index in [-0.39, 0.29) is 23.2 Å². The van der Waals surface area contributed by atoms with Crippen LogP contribution in [-0.4, -0.2) is 19.0 Å². The monoisotopic (exact) mass is 186 g/mol. The second-order valence-corrected chi connectivity index (χ2v) is 6.02. The van der Waals surface area contributed by atoms with Crippen molar-refractivity contribution < 1.29 is 9.47 Å². The average Bonchev–Trinajstić information content (AvgIpc) is 2.28. The molecule has 1 saturated heterocycles. The van der Waals surface area contributed by atoms with Crippen LogP contribution in [-0.2, 0) is 9.47 Å². The van der Waals surface area contributed by atoms with Crippen LogP contribution in [0.4, 0.5) is 0 Å². The van der Waals surface area contributed by atoms with E-state index >= 15 is 0 Å². The molecular weight excluding hydrogens is 164 g/mol. The summed E-state index contributed by atoms with van der Waals surface area (Å²) in [6, 6.07) is 0. The molecule has 0 aliphatic carbocycles. The average molecular weight is 186 g/mol. The van der Waals surface area contributed by atoms with Crippen LogP contribution in [0.5, 0.6) is 0 Å². The van der Waals surface area contributed by atoms with Crippen molar-refractivity contribution in [3.05, 3.63) is 0 Å². The quantitative estimate of drug-likeness (QED) is 0.579. The second-order valence-electron chi connectivity index (χ2n) is 6.02. The first kappa shape index (κ1) is 11.0. The lowest BCUT2D eigenvalue weighted by Crippen LogP contribution is -2.32. The Kier molecular flexibility index (Phi) is 2.75. The van der Waals surface area contributed by atoms with Gasteiger partial charge in [-0.05, 0) is 5.41 Å². The highest BCUT2D eigenvalue weighted by atomic mass is 16.7. The predicted octanol–water partition coefficient (Wildman–Crippen LogP) is 2.82. The first-order valence-electron chi connectivity index (χ1n) is 4.98. The number of hydrogen-bond donors (Lipinski definition) is 0. The third-order valence-electron chi connectivity index (χ3n) is 2.36. The first-order chi connectivity index (χ1) is 5.71. The summed E-state index contributed by atoms with van der Waals surface area (Å²) in [5.74, 6) is 0. The van der Waals surface area contributed by atoms with Crippen molar-refractivity contribution in [3.63, 3.8) is 0 Å². The van der Waals surface area contributed by atoms with Crippen molar-refractivity contribution in [2.24, 2.45) is 10.8 Å². The van der Waals surface area contributed by atoms with Crippen molar-refractivity contribution in [1.29, 1.82) is 0 Å². The molecule has 2 heteroatoms. The van der Waals surface area contributed by atoms with Crippen LogP contribution in [0.3, 0.4) is 0 Å². The molecule has 1 aliphatic heterocycles. The molecule has 1 heterocycles. The van der Waals surface area contributed by atoms with E-state index in [1.165, 1.54) is 0 Å². The molecule has 2 nitrogen and oxygen atoms in total. The molecule has 13 heavy (non-hydrogen) atoms. The van der Waals surface area contributed by atoms with Crippen molar-refractivity contribution in [1.82, 2.24) is 0 Å². The van der Waals surface area contributed by atoms with Gasteiger partial charge in [0.1, 0.15) is 0 Å². The van der Waals surface area contributed by atoms with Gasteiger partial charge in [-0.1, -0.05) is 41.5 Å². The van der Waals surface area contributed by atoms with Crippen LogP contribution in [0.1, 0.15) is 41.5 Å². The SMILES string of the molecule is CC(C)(C)[C@H]1OC[C@@H](C(C)(C)C)O1. The van der Waals surface area contributed by atoms with Gasteiger partial charge in [-0.2, -0.15) is 0 Å². The zero-order valence-electron chi connectivity index (χ0n) is 9.68. The van der Waals surface area contributed by atoms with Gasteiger partial charge in [-0.15, -0.1) is 0 Å². The molecule has 0 amide bonds. The summed E-state index contributed by atoms with van der Waals surface area (Å²) in [5, 5.41) is 0. The maximum atomic E-state index is 5.87. The van der Waals surface area contributed by atoms with Crippen LogP contribution in [0.25, 0.3) is 0 Å². The molecule has 0 saturated carbocycles. The molecule has 0 spiro atoms. The lowest BCUT2D eigenvalue weighted by Gasteiger charge is -2.29. The molecule has 1 fully saturated rings. The van der Waals surface area contributed by atoms with Gasteiger partial charge in [0, 0.05) is 5.41 Å². The largest absolute Gasteiger partial charge is 0.349 e. The fourth-order valence-electron chi connectivity index (χ4n) is 1.31. The Balaban J connectivity index is 2.55. The summed E-state index contributed by atoms with van der Waals surface area (Å²) in [4.78, 5) is 0. The molecule has 0 unspecified atom stereocenters. The fourth-order valence-corrected chi connectivity index (χ4v) is 1.31. The Labute approximate surface area is 81.6 Å². The molecular formula is C11H22O2. The Bertz CT molecular complexity index is 154. The molecule has 1 rings (SSSR count). The number of hydrogen-bond acceptors (Lipinski definition) is 2. The molecule has 0 aromatic rings. The van der Waals surface area contributed by atoms with E-state index < -0.39 is 0 Å². The Morgan fingerprint density at radius 3 is 1.69 bits per heavy atom. The maximum Gasteiger partial charge on any atom is 0.162 e. The summed E-state index contributed by atoms with van der Waals surface area (Å²) < 4.78 is 11.5. The zero-order valence-corrected chi connectivity index (χ0v) is 9.68. The molecule has 0 aromatic carbocycles. The Morgan fingerprint density at radius 1 is 0.923 bits per heavy atom. The number of rotatable bonds is 0. The first-order valence-corrected chi connectivity index (χ1v) is 4.98. The third-order valence-corrected chi connectivity index (χ3v) is 2.36. The standard InChI is InChI=1S/C11H22O2/c1-10(2,3)8-7-12-9(13-8)11(4,5)6/h8-9H,7H2,1-6H3/t8-,9-/m0/s1. The van der Waals surface area contributed by atoms with E-state index in [0.717, 1.165) is 6.61 Å². The van der Waals surface area contributed by atoms with Crippen LogP contribution in [0, 0.1) is 10.8 Å². The van der Waals surface area contributed by atoms with Crippen molar-refractivity contribution in [2.75, 3.05) is 6.61 Å². The normalized spacial score (nSPS) is 30.9. The van der Waals surface area contributed by atoms with Crippen molar-refractivity contribution >= 4 is 0 Å². The molecule has 0 aromatic heterocycles. The van der Waals surface area contributed by atoms with E-state index in [2.05, 4.69) is 41.5 Å². The minimum absolute atomic E-state index is 0.0447. The molecule has 2 atom stereocenters. The highest BCUT2D eigenvalue weighted by molar-refractivity contribution is 4.81. The van der Waals surface area contributed by atoms with Crippen LogP contribution in [0.15, 0.2) is 0 Å². The molecule has 0 bridgehead atoms. The molecule has 78 valence electrons. The highest BCUT2D eigenvalue weighted by Crippen LogP contribution is 2.35. The van der Waals surface area contributed by atoms with E-state index in [9.17, 15) is 0 Å². The maximum absolute atomic E-state index is 5.87. The topological polar surface area (TPSA) is 18.5 Å². The summed E-state index contributed by atoms with van der Waals surface area (Å²) in [6.45, 7) is 13.7. The van der Waals surface area contributed by atoms with E-state index in [1.807, 2.05) is 0 Å². The Morgan fingerprint density at radius 2 is 1.46 bits per heavy atom. The van der Waals surface area contributed by atoms with Crippen LogP contribution >= 0.6 is 0 Å². The van der Waals surface area contributed by atoms with Crippen molar-refractivity contribution in [2.45, 2.75) is 53.9 Å². The molecule has 0 radical (unpaired) electrons. The summed E-state index contributed by atoms with van der Waals surface area (Å²) in [7, 11) is 0. The summed E-state index contributed by atoms with van der Waals surface area (Å²) >= 11 is 0. The van der Waals surface area contributed by atoms with Crippen molar-refractivity contribution in [3.8, 4) is 0 Å². The van der Waals surface area contributed by atoms with E-state index in [4.69, 9.17) is 9.47 Å². The van der Waals surface area contributed by atoms with Gasteiger partial charge in [0.25, 0.3) is 0 Å². The summed E-state index contributed by atoms with van der Waals surface area (Å²) in [6.07, 6.45) is 0.188. The van der Waals surface area contributed by atoms with Gasteiger partial charge in [0.05, 0.1) is 12.7 Å². The van der Waals surface area contributed by atoms with Gasteiger partial charge in [-0.3, -0.25) is 0 Å². The van der Waals surface area contributed by atoms with Crippen LogP contribution in [0.2, 0.25) is 0 Å². The van der Waals surface area contributed by atoms with Gasteiger partial charge in [0.2, 0.25) is 0 Å². The minimum Gasteiger partial charge on any atom is -0.349 e.